The topological polar surface area (TPSA) is 21.3 Å². The van der Waals surface area contributed by atoms with Crippen LogP contribution >= 0.6 is 23.2 Å². The summed E-state index contributed by atoms with van der Waals surface area (Å²) in [5.74, 6) is 0. The summed E-state index contributed by atoms with van der Waals surface area (Å²) >= 11 is 12.2. The van der Waals surface area contributed by atoms with Crippen LogP contribution in [-0.2, 0) is 4.74 Å². The van der Waals surface area contributed by atoms with Gasteiger partial charge < -0.3 is 10.1 Å². The average molecular weight is 274 g/mol. The Balaban J connectivity index is 2.03. The highest BCUT2D eigenvalue weighted by Crippen LogP contribution is 2.30. The minimum Gasteiger partial charge on any atom is -0.380 e. The number of hydrogen-bond donors (Lipinski definition) is 1. The van der Waals surface area contributed by atoms with Crippen LogP contribution in [0.4, 0.5) is 0 Å². The molecule has 1 heterocycles. The second kappa shape index (κ2) is 6.05. The summed E-state index contributed by atoms with van der Waals surface area (Å²) in [5, 5.41) is 4.79. The van der Waals surface area contributed by atoms with E-state index in [1.165, 1.54) is 0 Å². The summed E-state index contributed by atoms with van der Waals surface area (Å²) in [6, 6.07) is 6.35. The molecule has 1 N–H and O–H groups in total. The van der Waals surface area contributed by atoms with E-state index in [1.54, 1.807) is 0 Å². The second-order valence-electron chi connectivity index (χ2n) is 4.45. The van der Waals surface area contributed by atoms with Crippen molar-refractivity contribution in [1.29, 1.82) is 0 Å². The molecule has 0 saturated carbocycles. The molecule has 0 spiro atoms. The van der Waals surface area contributed by atoms with Gasteiger partial charge in [0.25, 0.3) is 0 Å². The van der Waals surface area contributed by atoms with Crippen molar-refractivity contribution < 1.29 is 4.74 Å². The molecule has 2 nitrogen and oxygen atoms in total. The highest BCUT2D eigenvalue weighted by Gasteiger charge is 2.18. The SMILES string of the molecule is CC(NC1CCCOC1)c1cccc(Cl)c1Cl. The zero-order valence-electron chi connectivity index (χ0n) is 9.88. The van der Waals surface area contributed by atoms with Crippen molar-refractivity contribution in [2.24, 2.45) is 0 Å². The Bertz CT molecular complexity index is 378. The highest BCUT2D eigenvalue weighted by molar-refractivity contribution is 6.42. The van der Waals surface area contributed by atoms with Gasteiger partial charge in [0.1, 0.15) is 0 Å². The van der Waals surface area contributed by atoms with Crippen molar-refractivity contribution in [2.75, 3.05) is 13.2 Å². The second-order valence-corrected chi connectivity index (χ2v) is 5.23. The summed E-state index contributed by atoms with van der Waals surface area (Å²) in [4.78, 5) is 0. The van der Waals surface area contributed by atoms with Gasteiger partial charge in [0, 0.05) is 18.7 Å². The zero-order chi connectivity index (χ0) is 12.3. The molecule has 2 rings (SSSR count). The van der Waals surface area contributed by atoms with Crippen LogP contribution in [-0.4, -0.2) is 19.3 Å². The lowest BCUT2D eigenvalue weighted by Crippen LogP contribution is -2.38. The number of rotatable bonds is 3. The predicted molar refractivity (Wildman–Crippen MR) is 71.9 cm³/mol. The summed E-state index contributed by atoms with van der Waals surface area (Å²) in [5.41, 5.74) is 1.05. The molecule has 1 saturated heterocycles. The number of ether oxygens (including phenoxy) is 1. The third-order valence-corrected chi connectivity index (χ3v) is 3.93. The molecule has 0 aromatic heterocycles. The van der Waals surface area contributed by atoms with E-state index in [0.29, 0.717) is 16.1 Å². The number of halogens is 2. The molecule has 2 unspecified atom stereocenters. The van der Waals surface area contributed by atoms with Crippen LogP contribution in [0.2, 0.25) is 10.0 Å². The van der Waals surface area contributed by atoms with Gasteiger partial charge in [-0.1, -0.05) is 35.3 Å². The Hall–Kier alpha value is -0.280. The molecule has 1 aliphatic rings. The molecule has 0 radical (unpaired) electrons. The summed E-state index contributed by atoms with van der Waals surface area (Å²) in [6.45, 7) is 3.76. The third-order valence-electron chi connectivity index (χ3n) is 3.09. The average Bonchev–Trinajstić information content (AvgIpc) is 2.34. The molecule has 2 atom stereocenters. The fourth-order valence-electron chi connectivity index (χ4n) is 2.17. The Morgan fingerprint density at radius 2 is 2.24 bits per heavy atom. The first kappa shape index (κ1) is 13.2. The van der Waals surface area contributed by atoms with E-state index in [9.17, 15) is 0 Å². The van der Waals surface area contributed by atoms with Gasteiger partial charge in [0.2, 0.25) is 0 Å². The number of nitrogens with one attached hydrogen (secondary N) is 1. The van der Waals surface area contributed by atoms with Crippen molar-refractivity contribution in [3.8, 4) is 0 Å². The minimum atomic E-state index is 0.188. The molecule has 0 aliphatic carbocycles. The molecule has 1 aromatic carbocycles. The van der Waals surface area contributed by atoms with Crippen LogP contribution in [0.1, 0.15) is 31.4 Å². The highest BCUT2D eigenvalue weighted by atomic mass is 35.5. The van der Waals surface area contributed by atoms with E-state index in [4.69, 9.17) is 27.9 Å². The van der Waals surface area contributed by atoms with Crippen molar-refractivity contribution >= 4 is 23.2 Å². The molecule has 0 amide bonds. The normalized spacial score (nSPS) is 22.4. The molecule has 17 heavy (non-hydrogen) atoms. The Morgan fingerprint density at radius 3 is 2.94 bits per heavy atom. The van der Waals surface area contributed by atoms with Gasteiger partial charge in [-0.15, -0.1) is 0 Å². The van der Waals surface area contributed by atoms with Crippen molar-refractivity contribution in [3.05, 3.63) is 33.8 Å². The molecule has 1 aliphatic heterocycles. The summed E-state index contributed by atoms with van der Waals surface area (Å²) in [7, 11) is 0. The van der Waals surface area contributed by atoms with Crippen molar-refractivity contribution in [3.63, 3.8) is 0 Å². The van der Waals surface area contributed by atoms with Crippen LogP contribution in [0, 0.1) is 0 Å². The van der Waals surface area contributed by atoms with Gasteiger partial charge in [0.05, 0.1) is 16.7 Å². The molecule has 0 bridgehead atoms. The third kappa shape index (κ3) is 3.35. The first-order chi connectivity index (χ1) is 8.18. The van der Waals surface area contributed by atoms with Gasteiger partial charge in [-0.2, -0.15) is 0 Å². The van der Waals surface area contributed by atoms with E-state index in [1.807, 2.05) is 18.2 Å². The number of benzene rings is 1. The maximum atomic E-state index is 6.20. The Morgan fingerprint density at radius 1 is 1.41 bits per heavy atom. The van der Waals surface area contributed by atoms with Gasteiger partial charge in [-0.3, -0.25) is 0 Å². The van der Waals surface area contributed by atoms with Crippen LogP contribution in [0.5, 0.6) is 0 Å². The molecule has 4 heteroatoms. The van der Waals surface area contributed by atoms with Crippen molar-refractivity contribution in [1.82, 2.24) is 5.32 Å². The molecule has 1 aromatic rings. The first-order valence-corrected chi connectivity index (χ1v) is 6.72. The van der Waals surface area contributed by atoms with Crippen molar-refractivity contribution in [2.45, 2.75) is 31.8 Å². The lowest BCUT2D eigenvalue weighted by molar-refractivity contribution is 0.0671. The van der Waals surface area contributed by atoms with Crippen LogP contribution in [0.3, 0.4) is 0 Å². The molecule has 94 valence electrons. The largest absolute Gasteiger partial charge is 0.380 e. The van der Waals surface area contributed by atoms with E-state index in [-0.39, 0.29) is 6.04 Å². The minimum absolute atomic E-state index is 0.188. The summed E-state index contributed by atoms with van der Waals surface area (Å²) in [6.07, 6.45) is 2.27. The lowest BCUT2D eigenvalue weighted by Gasteiger charge is -2.27. The van der Waals surface area contributed by atoms with Gasteiger partial charge in [0.15, 0.2) is 0 Å². The van der Waals surface area contributed by atoms with Gasteiger partial charge >= 0.3 is 0 Å². The standard InChI is InChI=1S/C13H17Cl2NO/c1-9(16-10-4-3-7-17-8-10)11-5-2-6-12(14)13(11)15/h2,5-6,9-10,16H,3-4,7-8H2,1H3. The molecular formula is C13H17Cl2NO. The Kier molecular flexibility index (Phi) is 4.69. The fourth-order valence-corrected chi connectivity index (χ4v) is 2.64. The van der Waals surface area contributed by atoms with Gasteiger partial charge in [-0.05, 0) is 31.4 Å². The molecular weight excluding hydrogens is 257 g/mol. The Labute approximate surface area is 112 Å². The maximum Gasteiger partial charge on any atom is 0.0639 e. The maximum absolute atomic E-state index is 6.20. The zero-order valence-corrected chi connectivity index (χ0v) is 11.4. The summed E-state index contributed by atoms with van der Waals surface area (Å²) < 4.78 is 5.45. The smallest absolute Gasteiger partial charge is 0.0639 e. The van der Waals surface area contributed by atoms with E-state index in [0.717, 1.165) is 31.6 Å². The first-order valence-electron chi connectivity index (χ1n) is 5.96. The quantitative estimate of drug-likeness (QED) is 0.904. The van der Waals surface area contributed by atoms with Crippen LogP contribution in [0.25, 0.3) is 0 Å². The predicted octanol–water partition coefficient (Wildman–Crippen LogP) is 3.82. The number of hydrogen-bond acceptors (Lipinski definition) is 2. The van der Waals surface area contributed by atoms with E-state index >= 15 is 0 Å². The monoisotopic (exact) mass is 273 g/mol. The lowest BCUT2D eigenvalue weighted by atomic mass is 10.0. The van der Waals surface area contributed by atoms with E-state index in [2.05, 4.69) is 12.2 Å². The fraction of sp³-hybridized carbons (Fsp3) is 0.538. The molecule has 1 fully saturated rings. The van der Waals surface area contributed by atoms with Crippen LogP contribution in [0.15, 0.2) is 18.2 Å². The van der Waals surface area contributed by atoms with Gasteiger partial charge in [-0.25, -0.2) is 0 Å². The van der Waals surface area contributed by atoms with Crippen LogP contribution < -0.4 is 5.32 Å². The van der Waals surface area contributed by atoms with E-state index < -0.39 is 0 Å².